The van der Waals surface area contributed by atoms with E-state index in [-0.39, 0.29) is 23.5 Å². The minimum atomic E-state index is -0.205. The number of aromatic nitrogens is 4. The van der Waals surface area contributed by atoms with Crippen LogP contribution in [0.2, 0.25) is 0 Å². The molecule has 2 N–H and O–H groups in total. The van der Waals surface area contributed by atoms with Crippen molar-refractivity contribution in [3.05, 3.63) is 40.1 Å². The number of nitrogens with zero attached hydrogens (tertiary/aromatic N) is 4. The van der Waals surface area contributed by atoms with E-state index in [0.29, 0.717) is 30.3 Å². The van der Waals surface area contributed by atoms with Crippen molar-refractivity contribution in [2.75, 3.05) is 25.1 Å². The molecule has 1 fully saturated rings. The third-order valence-electron chi connectivity index (χ3n) is 4.06. The number of nitrogens with one attached hydrogen (secondary N) is 2. The van der Waals surface area contributed by atoms with Crippen LogP contribution >= 0.6 is 0 Å². The average Bonchev–Trinajstić information content (AvgIpc) is 2.61. The molecular weight excluding hydrogens is 324 g/mol. The number of methoxy groups -OCH3 is 1. The lowest BCUT2D eigenvalue weighted by Gasteiger charge is -2.32. The molecule has 0 bridgehead atoms. The van der Waals surface area contributed by atoms with Crippen LogP contribution in [0.1, 0.15) is 28.9 Å². The number of piperidine rings is 1. The van der Waals surface area contributed by atoms with E-state index >= 15 is 0 Å². The van der Waals surface area contributed by atoms with Gasteiger partial charge in [-0.2, -0.15) is 0 Å². The molecule has 1 saturated heterocycles. The van der Waals surface area contributed by atoms with E-state index < -0.39 is 0 Å². The summed E-state index contributed by atoms with van der Waals surface area (Å²) in [6, 6.07) is 1.75. The molecule has 3 rings (SSSR count). The third kappa shape index (κ3) is 4.11. The third-order valence-corrected chi connectivity index (χ3v) is 4.06. The Balaban J connectivity index is 1.56. The lowest BCUT2D eigenvalue weighted by Crippen LogP contribution is -2.45. The lowest BCUT2D eigenvalue weighted by atomic mass is 10.0. The topological polar surface area (TPSA) is 113 Å². The van der Waals surface area contributed by atoms with Crippen LogP contribution < -0.4 is 20.5 Å². The summed E-state index contributed by atoms with van der Waals surface area (Å²) in [7, 11) is 1.47. The monoisotopic (exact) mass is 344 g/mol. The molecule has 9 heteroatoms. The first-order valence-electron chi connectivity index (χ1n) is 8.05. The van der Waals surface area contributed by atoms with Crippen molar-refractivity contribution in [1.82, 2.24) is 25.3 Å². The first kappa shape index (κ1) is 16.9. The zero-order chi connectivity index (χ0) is 17.8. The number of carbonyl (C=O) groups is 1. The van der Waals surface area contributed by atoms with Crippen molar-refractivity contribution >= 4 is 11.9 Å². The van der Waals surface area contributed by atoms with Crippen LogP contribution in [0.5, 0.6) is 6.01 Å². The van der Waals surface area contributed by atoms with Crippen LogP contribution in [-0.2, 0) is 0 Å². The quantitative estimate of drug-likeness (QED) is 0.819. The van der Waals surface area contributed by atoms with E-state index in [1.165, 1.54) is 25.6 Å². The van der Waals surface area contributed by atoms with Crippen molar-refractivity contribution in [3.63, 3.8) is 0 Å². The first-order chi connectivity index (χ1) is 12.0. The summed E-state index contributed by atoms with van der Waals surface area (Å²) in [5.74, 6) is 0.376. The molecule has 0 spiro atoms. The molecule has 0 aliphatic carbocycles. The second kappa shape index (κ2) is 7.29. The van der Waals surface area contributed by atoms with Gasteiger partial charge >= 0.3 is 6.01 Å². The fourth-order valence-electron chi connectivity index (χ4n) is 2.76. The van der Waals surface area contributed by atoms with Crippen molar-refractivity contribution in [3.8, 4) is 6.01 Å². The number of rotatable bonds is 4. The van der Waals surface area contributed by atoms with Gasteiger partial charge in [0, 0.05) is 43.3 Å². The van der Waals surface area contributed by atoms with Crippen molar-refractivity contribution in [2.24, 2.45) is 0 Å². The number of aryl methyl sites for hydroxylation is 1. The number of hydrogen-bond donors (Lipinski definition) is 2. The molecule has 1 amide bonds. The van der Waals surface area contributed by atoms with Crippen LogP contribution in [0.25, 0.3) is 0 Å². The highest BCUT2D eigenvalue weighted by Crippen LogP contribution is 2.16. The maximum Gasteiger partial charge on any atom is 0.316 e. The Kier molecular flexibility index (Phi) is 4.92. The molecule has 1 aliphatic heterocycles. The average molecular weight is 344 g/mol. The van der Waals surface area contributed by atoms with Gasteiger partial charge in [0.1, 0.15) is 0 Å². The Morgan fingerprint density at radius 1 is 1.32 bits per heavy atom. The van der Waals surface area contributed by atoms with Gasteiger partial charge < -0.3 is 15.0 Å². The van der Waals surface area contributed by atoms with Gasteiger partial charge in [-0.05, 0) is 19.8 Å². The summed E-state index contributed by atoms with van der Waals surface area (Å²) in [5.41, 5.74) is 0.930. The fraction of sp³-hybridized carbons (Fsp3) is 0.438. The molecule has 25 heavy (non-hydrogen) atoms. The molecule has 0 aromatic carbocycles. The maximum atomic E-state index is 12.2. The predicted molar refractivity (Wildman–Crippen MR) is 90.9 cm³/mol. The van der Waals surface area contributed by atoms with Crippen LogP contribution in [0, 0.1) is 6.92 Å². The molecule has 3 heterocycles. The number of carbonyl (C=O) groups excluding carboxylic acids is 1. The van der Waals surface area contributed by atoms with Crippen LogP contribution in [-0.4, -0.2) is 52.1 Å². The molecule has 0 unspecified atom stereocenters. The summed E-state index contributed by atoms with van der Waals surface area (Å²) >= 11 is 0. The van der Waals surface area contributed by atoms with Gasteiger partial charge in [0.25, 0.3) is 11.5 Å². The van der Waals surface area contributed by atoms with Gasteiger partial charge in [-0.1, -0.05) is 0 Å². The van der Waals surface area contributed by atoms with E-state index in [4.69, 9.17) is 4.74 Å². The maximum absolute atomic E-state index is 12.2. The number of anilines is 1. The molecule has 2 aromatic heterocycles. The van der Waals surface area contributed by atoms with Gasteiger partial charge in [-0.15, -0.1) is 0 Å². The van der Waals surface area contributed by atoms with Crippen molar-refractivity contribution in [2.45, 2.75) is 25.8 Å². The number of hydrogen-bond acceptors (Lipinski definition) is 7. The van der Waals surface area contributed by atoms with E-state index in [1.807, 2.05) is 4.90 Å². The molecular formula is C16H20N6O3. The van der Waals surface area contributed by atoms with Gasteiger partial charge in [0.05, 0.1) is 12.7 Å². The SMILES string of the molecule is COc1ncc(C(=O)NC2CCN(c3nc(C)cc(=O)[nH]3)CC2)cn1. The van der Waals surface area contributed by atoms with Crippen LogP contribution in [0.3, 0.4) is 0 Å². The summed E-state index contributed by atoms with van der Waals surface area (Å²) in [5, 5.41) is 2.99. The van der Waals surface area contributed by atoms with E-state index in [2.05, 4.69) is 25.3 Å². The first-order valence-corrected chi connectivity index (χ1v) is 8.05. The highest BCUT2D eigenvalue weighted by Gasteiger charge is 2.23. The van der Waals surface area contributed by atoms with Gasteiger partial charge in [-0.3, -0.25) is 14.6 Å². The summed E-state index contributed by atoms with van der Waals surface area (Å²) in [4.78, 5) is 40.8. The second-order valence-electron chi connectivity index (χ2n) is 5.90. The van der Waals surface area contributed by atoms with E-state index in [9.17, 15) is 9.59 Å². The molecule has 9 nitrogen and oxygen atoms in total. The van der Waals surface area contributed by atoms with Crippen LogP contribution in [0.15, 0.2) is 23.3 Å². The van der Waals surface area contributed by atoms with E-state index in [1.54, 1.807) is 6.92 Å². The minimum absolute atomic E-state index is 0.0578. The highest BCUT2D eigenvalue weighted by atomic mass is 16.5. The Labute approximate surface area is 144 Å². The largest absolute Gasteiger partial charge is 0.467 e. The van der Waals surface area contributed by atoms with Crippen molar-refractivity contribution in [1.29, 1.82) is 0 Å². The Bertz CT molecular complexity index is 796. The van der Waals surface area contributed by atoms with E-state index in [0.717, 1.165) is 12.8 Å². The Morgan fingerprint density at radius 2 is 2.00 bits per heavy atom. The lowest BCUT2D eigenvalue weighted by molar-refractivity contribution is 0.0930. The fourth-order valence-corrected chi connectivity index (χ4v) is 2.76. The molecule has 0 atom stereocenters. The Morgan fingerprint density at radius 3 is 2.60 bits per heavy atom. The minimum Gasteiger partial charge on any atom is -0.467 e. The molecule has 1 aliphatic rings. The van der Waals surface area contributed by atoms with Crippen molar-refractivity contribution < 1.29 is 9.53 Å². The zero-order valence-electron chi connectivity index (χ0n) is 14.2. The molecule has 2 aromatic rings. The molecule has 132 valence electrons. The van der Waals surface area contributed by atoms with Crippen LogP contribution in [0.4, 0.5) is 5.95 Å². The second-order valence-corrected chi connectivity index (χ2v) is 5.90. The number of aromatic amines is 1. The number of amides is 1. The summed E-state index contributed by atoms with van der Waals surface area (Å²) in [6.45, 7) is 3.20. The zero-order valence-corrected chi connectivity index (χ0v) is 14.2. The summed E-state index contributed by atoms with van der Waals surface area (Å²) in [6.07, 6.45) is 4.41. The normalized spacial score (nSPS) is 15.0. The number of ether oxygens (including phenoxy) is 1. The smallest absolute Gasteiger partial charge is 0.316 e. The van der Waals surface area contributed by atoms with Gasteiger partial charge in [-0.25, -0.2) is 15.0 Å². The number of H-pyrrole nitrogens is 1. The molecule has 0 radical (unpaired) electrons. The predicted octanol–water partition coefficient (Wildman–Crippen LogP) is 0.276. The van der Waals surface area contributed by atoms with Gasteiger partial charge in [0.2, 0.25) is 5.95 Å². The standard InChI is InChI=1S/C16H20N6O3/c1-10-7-13(23)21-15(19-10)22-5-3-12(4-6-22)20-14(24)11-8-17-16(25-2)18-9-11/h7-9,12H,3-6H2,1-2H3,(H,20,24)(H,19,21,23). The van der Waals surface area contributed by atoms with Gasteiger partial charge in [0.15, 0.2) is 0 Å². The summed E-state index contributed by atoms with van der Waals surface area (Å²) < 4.78 is 4.88. The highest BCUT2D eigenvalue weighted by molar-refractivity contribution is 5.93. The Hall–Kier alpha value is -2.97. The molecule has 0 saturated carbocycles.